The van der Waals surface area contributed by atoms with Gasteiger partial charge in [0.1, 0.15) is 18.6 Å². The molecule has 0 N–H and O–H groups in total. The molecule has 110 valence electrons. The average Bonchev–Trinajstić information content (AvgIpc) is 2.11. The van der Waals surface area contributed by atoms with Crippen LogP contribution in [0.15, 0.2) is 12.2 Å². The quantitative estimate of drug-likeness (QED) is 0.437. The minimum atomic E-state index is -0.579. The Labute approximate surface area is 116 Å². The van der Waals surface area contributed by atoms with E-state index in [1.807, 2.05) is 6.08 Å². The molecule has 0 saturated heterocycles. The van der Waals surface area contributed by atoms with Crippen LogP contribution in [0.25, 0.3) is 0 Å². The van der Waals surface area contributed by atoms with Gasteiger partial charge in [-0.1, -0.05) is 32.9 Å². The molecule has 0 atom stereocenters. The van der Waals surface area contributed by atoms with Gasteiger partial charge in [0.15, 0.2) is 0 Å². The number of hydrogen-bond donors (Lipinski definition) is 0. The molecule has 0 fully saturated rings. The van der Waals surface area contributed by atoms with Crippen LogP contribution in [0.1, 0.15) is 54.4 Å². The first kappa shape index (κ1) is 17.7. The largest absolute Gasteiger partial charge is 0.461 e. The number of carbonyl (C=O) groups excluding carboxylic acids is 2. The Balaban J connectivity index is 3.85. The zero-order chi connectivity index (χ0) is 15.1. The third-order valence-corrected chi connectivity index (χ3v) is 1.95. The molecule has 0 aliphatic heterocycles. The third-order valence-electron chi connectivity index (χ3n) is 1.95. The second kappa shape index (κ2) is 7.31. The van der Waals surface area contributed by atoms with Crippen LogP contribution in [0.4, 0.5) is 0 Å². The van der Waals surface area contributed by atoms with Gasteiger partial charge in [0.25, 0.3) is 0 Å². The van der Waals surface area contributed by atoms with E-state index in [0.717, 1.165) is 6.42 Å². The number of carbonyl (C=O) groups is 2. The summed E-state index contributed by atoms with van der Waals surface area (Å²) in [4.78, 5) is 22.7. The molecule has 0 aromatic rings. The smallest absolute Gasteiger partial charge is 0.317 e. The van der Waals surface area contributed by atoms with E-state index >= 15 is 0 Å². The highest BCUT2D eigenvalue weighted by atomic mass is 16.6. The average molecular weight is 270 g/mol. The molecule has 0 aliphatic carbocycles. The molecule has 0 spiro atoms. The van der Waals surface area contributed by atoms with Crippen molar-refractivity contribution in [3.63, 3.8) is 0 Å². The summed E-state index contributed by atoms with van der Waals surface area (Å²) < 4.78 is 9.94. The second-order valence-corrected chi connectivity index (χ2v) is 6.68. The summed E-state index contributed by atoms with van der Waals surface area (Å²) in [5.41, 5.74) is -0.360. The van der Waals surface area contributed by atoms with Crippen molar-refractivity contribution < 1.29 is 19.1 Å². The SMILES string of the molecule is CC(C)(C)C/C=C\COC(=O)CC(=O)OC(C)(C)C. The molecule has 0 bridgehead atoms. The van der Waals surface area contributed by atoms with E-state index in [2.05, 4.69) is 20.8 Å². The Kier molecular flexibility index (Phi) is 6.81. The molecule has 0 radical (unpaired) electrons. The van der Waals surface area contributed by atoms with Gasteiger partial charge >= 0.3 is 11.9 Å². The van der Waals surface area contributed by atoms with Crippen molar-refractivity contribution in [3.05, 3.63) is 12.2 Å². The molecule has 0 amide bonds. The predicted molar refractivity (Wildman–Crippen MR) is 74.6 cm³/mol. The maximum Gasteiger partial charge on any atom is 0.317 e. The summed E-state index contributed by atoms with van der Waals surface area (Å²) in [6.07, 6.45) is 4.33. The lowest BCUT2D eigenvalue weighted by molar-refractivity contribution is -0.161. The lowest BCUT2D eigenvalue weighted by Gasteiger charge is -2.18. The number of ether oxygens (including phenoxy) is 2. The number of esters is 2. The van der Waals surface area contributed by atoms with Gasteiger partial charge in [-0.05, 0) is 32.6 Å². The Hall–Kier alpha value is -1.32. The van der Waals surface area contributed by atoms with Crippen LogP contribution in [0.3, 0.4) is 0 Å². The Morgan fingerprint density at radius 2 is 1.53 bits per heavy atom. The van der Waals surface area contributed by atoms with Gasteiger partial charge < -0.3 is 9.47 Å². The second-order valence-electron chi connectivity index (χ2n) is 6.68. The van der Waals surface area contributed by atoms with E-state index in [1.165, 1.54) is 0 Å². The Morgan fingerprint density at radius 3 is 2.00 bits per heavy atom. The predicted octanol–water partition coefficient (Wildman–Crippen LogP) is 3.25. The molecule has 0 rings (SSSR count). The van der Waals surface area contributed by atoms with Gasteiger partial charge in [0, 0.05) is 0 Å². The lowest BCUT2D eigenvalue weighted by Crippen LogP contribution is -2.25. The highest BCUT2D eigenvalue weighted by molar-refractivity contribution is 5.91. The first-order chi connectivity index (χ1) is 8.49. The number of rotatable bonds is 5. The molecule has 0 aromatic heterocycles. The van der Waals surface area contributed by atoms with E-state index in [0.29, 0.717) is 0 Å². The van der Waals surface area contributed by atoms with Gasteiger partial charge in [-0.2, -0.15) is 0 Å². The van der Waals surface area contributed by atoms with E-state index in [-0.39, 0.29) is 18.4 Å². The van der Waals surface area contributed by atoms with Crippen molar-refractivity contribution in [2.45, 2.75) is 60.0 Å². The summed E-state index contributed by atoms with van der Waals surface area (Å²) in [6, 6.07) is 0. The van der Waals surface area contributed by atoms with Crippen molar-refractivity contribution in [2.24, 2.45) is 5.41 Å². The first-order valence-corrected chi connectivity index (χ1v) is 6.52. The molecule has 0 heterocycles. The van der Waals surface area contributed by atoms with Crippen molar-refractivity contribution in [2.75, 3.05) is 6.61 Å². The summed E-state index contributed by atoms with van der Waals surface area (Å²) in [6.45, 7) is 11.9. The normalized spacial score (nSPS) is 12.5. The van der Waals surface area contributed by atoms with E-state index in [4.69, 9.17) is 9.47 Å². The van der Waals surface area contributed by atoms with Crippen LogP contribution in [0.5, 0.6) is 0 Å². The zero-order valence-electron chi connectivity index (χ0n) is 12.9. The molecule has 0 unspecified atom stereocenters. The van der Waals surface area contributed by atoms with Gasteiger partial charge in [0.2, 0.25) is 0 Å². The van der Waals surface area contributed by atoms with Gasteiger partial charge in [0.05, 0.1) is 0 Å². The lowest BCUT2D eigenvalue weighted by atomic mass is 9.92. The summed E-state index contributed by atoms with van der Waals surface area (Å²) in [5, 5.41) is 0. The van der Waals surface area contributed by atoms with Crippen LogP contribution < -0.4 is 0 Å². The monoisotopic (exact) mass is 270 g/mol. The standard InChI is InChI=1S/C15H26O4/c1-14(2,3)9-7-8-10-18-12(16)11-13(17)19-15(4,5)6/h7-8H,9-11H2,1-6H3/b8-7-. The van der Waals surface area contributed by atoms with Gasteiger partial charge in [-0.15, -0.1) is 0 Å². The summed E-state index contributed by atoms with van der Waals surface area (Å²) >= 11 is 0. The van der Waals surface area contributed by atoms with Crippen LogP contribution in [-0.2, 0) is 19.1 Å². The van der Waals surface area contributed by atoms with Gasteiger partial charge in [-0.3, -0.25) is 9.59 Å². The topological polar surface area (TPSA) is 52.6 Å². The molecular formula is C15H26O4. The van der Waals surface area contributed by atoms with E-state index in [9.17, 15) is 9.59 Å². The van der Waals surface area contributed by atoms with Crippen LogP contribution in [0.2, 0.25) is 0 Å². The van der Waals surface area contributed by atoms with Crippen molar-refractivity contribution in [1.82, 2.24) is 0 Å². The first-order valence-electron chi connectivity index (χ1n) is 6.52. The zero-order valence-corrected chi connectivity index (χ0v) is 12.9. The molecule has 4 nitrogen and oxygen atoms in total. The molecule has 0 aliphatic rings. The van der Waals surface area contributed by atoms with Crippen molar-refractivity contribution >= 4 is 11.9 Å². The fraction of sp³-hybridized carbons (Fsp3) is 0.733. The van der Waals surface area contributed by atoms with Crippen LogP contribution in [0, 0.1) is 5.41 Å². The van der Waals surface area contributed by atoms with Crippen LogP contribution >= 0.6 is 0 Å². The maximum atomic E-state index is 11.3. The number of hydrogen-bond acceptors (Lipinski definition) is 4. The highest BCUT2D eigenvalue weighted by Crippen LogP contribution is 2.18. The summed E-state index contributed by atoms with van der Waals surface area (Å²) in [7, 11) is 0. The molecule has 19 heavy (non-hydrogen) atoms. The van der Waals surface area contributed by atoms with Crippen molar-refractivity contribution in [3.8, 4) is 0 Å². The van der Waals surface area contributed by atoms with Crippen LogP contribution in [-0.4, -0.2) is 24.1 Å². The molecule has 0 saturated carbocycles. The van der Waals surface area contributed by atoms with E-state index < -0.39 is 17.5 Å². The third kappa shape index (κ3) is 12.9. The fourth-order valence-corrected chi connectivity index (χ4v) is 1.19. The minimum Gasteiger partial charge on any atom is -0.461 e. The fourth-order valence-electron chi connectivity index (χ4n) is 1.19. The van der Waals surface area contributed by atoms with E-state index in [1.54, 1.807) is 26.8 Å². The summed E-state index contributed by atoms with van der Waals surface area (Å²) in [5.74, 6) is -1.12. The molecular weight excluding hydrogens is 244 g/mol. The Morgan fingerprint density at radius 1 is 0.947 bits per heavy atom. The Bertz CT molecular complexity index is 329. The van der Waals surface area contributed by atoms with Gasteiger partial charge in [-0.25, -0.2) is 0 Å². The molecule has 4 heteroatoms. The highest BCUT2D eigenvalue weighted by Gasteiger charge is 2.19. The van der Waals surface area contributed by atoms with Crippen molar-refractivity contribution in [1.29, 1.82) is 0 Å². The maximum absolute atomic E-state index is 11.3. The number of allylic oxidation sites excluding steroid dienone is 1. The molecule has 0 aromatic carbocycles. The minimum absolute atomic E-state index is 0.192.